The molecular weight excluding hydrogens is 100 g/mol. The van der Waals surface area contributed by atoms with Gasteiger partial charge in [0.15, 0.2) is 0 Å². The van der Waals surface area contributed by atoms with E-state index in [9.17, 15) is 0 Å². The lowest BCUT2D eigenvalue weighted by atomic mass is 10.4. The lowest BCUT2D eigenvalue weighted by Crippen LogP contribution is -1.85. The molecule has 0 spiro atoms. The normalized spacial score (nSPS) is 11.0. The van der Waals surface area contributed by atoms with Crippen molar-refractivity contribution >= 4 is 0 Å². The first-order valence-electron chi connectivity index (χ1n) is 2.76. The van der Waals surface area contributed by atoms with Crippen LogP contribution in [0.15, 0.2) is 24.5 Å². The molecule has 0 bridgehead atoms. The lowest BCUT2D eigenvalue weighted by molar-refractivity contribution is 0.242. The third kappa shape index (κ3) is 2.45. The van der Waals surface area contributed by atoms with Gasteiger partial charge < -0.3 is 4.74 Å². The van der Waals surface area contributed by atoms with E-state index >= 15 is 0 Å². The highest BCUT2D eigenvalue weighted by molar-refractivity contribution is 5.06. The summed E-state index contributed by atoms with van der Waals surface area (Å²) in [7, 11) is 0. The summed E-state index contributed by atoms with van der Waals surface area (Å²) in [6, 6.07) is 0. The fraction of sp³-hybridized carbons (Fsp3) is 0.429. The highest BCUT2D eigenvalue weighted by atomic mass is 16.5. The van der Waals surface area contributed by atoms with Crippen LogP contribution in [0.2, 0.25) is 0 Å². The van der Waals surface area contributed by atoms with Gasteiger partial charge in [0, 0.05) is 0 Å². The summed E-state index contributed by atoms with van der Waals surface area (Å²) in [4.78, 5) is 0. The highest BCUT2D eigenvalue weighted by Gasteiger charge is 1.82. The maximum Gasteiger partial charge on any atom is 0.114 e. The molecule has 0 aromatic heterocycles. The third-order valence-electron chi connectivity index (χ3n) is 0.797. The quantitative estimate of drug-likeness (QED) is 0.401. The molecule has 0 aliphatic carbocycles. The largest absolute Gasteiger partial charge is 0.494 e. The Balaban J connectivity index is 3.54. The van der Waals surface area contributed by atoms with Crippen LogP contribution < -0.4 is 0 Å². The van der Waals surface area contributed by atoms with Gasteiger partial charge in [-0.25, -0.2) is 0 Å². The summed E-state index contributed by atoms with van der Waals surface area (Å²) in [5, 5.41) is 0. The van der Waals surface area contributed by atoms with Crippen molar-refractivity contribution in [3.63, 3.8) is 0 Å². The fourth-order valence-electron chi connectivity index (χ4n) is 0.427. The summed E-state index contributed by atoms with van der Waals surface area (Å²) < 4.78 is 5.08. The van der Waals surface area contributed by atoms with Crippen LogP contribution in [-0.2, 0) is 4.74 Å². The molecule has 0 saturated carbocycles. The molecule has 46 valence electrons. The average Bonchev–Trinajstić information content (AvgIpc) is 1.83. The molecule has 0 aromatic rings. The second-order valence-electron chi connectivity index (χ2n) is 1.33. The summed E-state index contributed by atoms with van der Waals surface area (Å²) >= 11 is 0. The molecule has 0 aromatic carbocycles. The number of hydrogen-bond donors (Lipinski definition) is 0. The smallest absolute Gasteiger partial charge is 0.114 e. The number of hydrogen-bond acceptors (Lipinski definition) is 1. The minimum Gasteiger partial charge on any atom is -0.494 e. The van der Waals surface area contributed by atoms with Crippen LogP contribution in [0.1, 0.15) is 13.8 Å². The monoisotopic (exact) mass is 112 g/mol. The van der Waals surface area contributed by atoms with Gasteiger partial charge in [-0.1, -0.05) is 6.58 Å². The van der Waals surface area contributed by atoms with Crippen LogP contribution in [0.3, 0.4) is 0 Å². The molecule has 0 heterocycles. The molecule has 0 radical (unpaired) electrons. The molecule has 0 aliphatic heterocycles. The van der Waals surface area contributed by atoms with Crippen molar-refractivity contribution in [1.82, 2.24) is 0 Å². The van der Waals surface area contributed by atoms with E-state index in [1.165, 1.54) is 0 Å². The van der Waals surface area contributed by atoms with E-state index in [1.807, 2.05) is 19.9 Å². The average molecular weight is 112 g/mol. The summed E-state index contributed by atoms with van der Waals surface area (Å²) in [5.41, 5.74) is 0. The predicted octanol–water partition coefficient (Wildman–Crippen LogP) is 2.11. The van der Waals surface area contributed by atoms with Crippen molar-refractivity contribution in [2.24, 2.45) is 0 Å². The minimum absolute atomic E-state index is 0.714. The highest BCUT2D eigenvalue weighted by Crippen LogP contribution is 1.95. The molecule has 0 rings (SSSR count). The van der Waals surface area contributed by atoms with Gasteiger partial charge in [-0.2, -0.15) is 0 Å². The van der Waals surface area contributed by atoms with Crippen molar-refractivity contribution < 1.29 is 4.74 Å². The number of ether oxygens (including phenoxy) is 1. The molecule has 0 saturated heterocycles. The van der Waals surface area contributed by atoms with Gasteiger partial charge in [0.05, 0.1) is 6.61 Å². The number of rotatable bonds is 3. The lowest BCUT2D eigenvalue weighted by Gasteiger charge is -1.99. The Bertz CT molecular complexity index is 92.6. The summed E-state index contributed by atoms with van der Waals surface area (Å²) in [6.45, 7) is 8.15. The Morgan fingerprint density at radius 3 is 2.50 bits per heavy atom. The second kappa shape index (κ2) is 4.44. The zero-order chi connectivity index (χ0) is 6.41. The van der Waals surface area contributed by atoms with E-state index in [0.717, 1.165) is 5.76 Å². The van der Waals surface area contributed by atoms with Crippen molar-refractivity contribution in [2.45, 2.75) is 13.8 Å². The predicted molar refractivity (Wildman–Crippen MR) is 35.6 cm³/mol. The standard InChI is InChI=1S/C7H12O/c1-4-7(5-2)8-6-3/h4-5H,1,6H2,2-3H3/b7-5+. The molecule has 1 heteroatoms. The van der Waals surface area contributed by atoms with Gasteiger partial charge in [-0.3, -0.25) is 0 Å². The van der Waals surface area contributed by atoms with Gasteiger partial charge in [0.2, 0.25) is 0 Å². The van der Waals surface area contributed by atoms with Crippen LogP contribution in [0, 0.1) is 0 Å². The molecular formula is C7H12O. The Morgan fingerprint density at radius 1 is 1.75 bits per heavy atom. The molecule has 0 aliphatic rings. The Labute approximate surface area is 50.7 Å². The van der Waals surface area contributed by atoms with E-state index < -0.39 is 0 Å². The molecule has 0 unspecified atom stereocenters. The maximum atomic E-state index is 5.08. The third-order valence-corrected chi connectivity index (χ3v) is 0.797. The second-order valence-corrected chi connectivity index (χ2v) is 1.33. The number of allylic oxidation sites excluding steroid dienone is 2. The van der Waals surface area contributed by atoms with E-state index in [2.05, 4.69) is 6.58 Å². The summed E-state index contributed by atoms with van der Waals surface area (Å²) in [6.07, 6.45) is 3.58. The topological polar surface area (TPSA) is 9.23 Å². The molecule has 0 fully saturated rings. The van der Waals surface area contributed by atoms with Gasteiger partial charge in [-0.15, -0.1) is 0 Å². The Hall–Kier alpha value is -0.720. The Kier molecular flexibility index (Phi) is 4.04. The van der Waals surface area contributed by atoms with Crippen LogP contribution >= 0.6 is 0 Å². The van der Waals surface area contributed by atoms with Crippen molar-refractivity contribution in [2.75, 3.05) is 6.61 Å². The van der Waals surface area contributed by atoms with Crippen LogP contribution in [0.4, 0.5) is 0 Å². The first-order valence-corrected chi connectivity index (χ1v) is 2.76. The van der Waals surface area contributed by atoms with Crippen molar-refractivity contribution in [3.8, 4) is 0 Å². The van der Waals surface area contributed by atoms with E-state index in [4.69, 9.17) is 4.74 Å². The SMILES string of the molecule is C=C/C(=C\C)OCC. The van der Waals surface area contributed by atoms with Gasteiger partial charge in [-0.05, 0) is 26.0 Å². The molecule has 0 N–H and O–H groups in total. The zero-order valence-electron chi connectivity index (χ0n) is 5.48. The minimum atomic E-state index is 0.714. The molecule has 0 atom stereocenters. The van der Waals surface area contributed by atoms with E-state index in [-0.39, 0.29) is 0 Å². The first-order chi connectivity index (χ1) is 3.85. The van der Waals surface area contributed by atoms with Gasteiger partial charge in [0.25, 0.3) is 0 Å². The van der Waals surface area contributed by atoms with E-state index in [0.29, 0.717) is 6.61 Å². The van der Waals surface area contributed by atoms with E-state index in [1.54, 1.807) is 6.08 Å². The van der Waals surface area contributed by atoms with Crippen LogP contribution in [0.5, 0.6) is 0 Å². The Morgan fingerprint density at radius 2 is 2.38 bits per heavy atom. The molecule has 1 nitrogen and oxygen atoms in total. The summed E-state index contributed by atoms with van der Waals surface area (Å²) in [5.74, 6) is 0.854. The van der Waals surface area contributed by atoms with Gasteiger partial charge >= 0.3 is 0 Å². The zero-order valence-corrected chi connectivity index (χ0v) is 5.48. The molecule has 0 amide bonds. The maximum absolute atomic E-state index is 5.08. The molecule has 8 heavy (non-hydrogen) atoms. The first kappa shape index (κ1) is 7.28. The van der Waals surface area contributed by atoms with Crippen molar-refractivity contribution in [3.05, 3.63) is 24.5 Å². The van der Waals surface area contributed by atoms with Crippen LogP contribution in [-0.4, -0.2) is 6.61 Å². The fourth-order valence-corrected chi connectivity index (χ4v) is 0.427. The van der Waals surface area contributed by atoms with Gasteiger partial charge in [0.1, 0.15) is 5.76 Å². The van der Waals surface area contributed by atoms with Crippen molar-refractivity contribution in [1.29, 1.82) is 0 Å². The van der Waals surface area contributed by atoms with Crippen LogP contribution in [0.25, 0.3) is 0 Å².